The van der Waals surface area contributed by atoms with Crippen LogP contribution in [0.4, 0.5) is 30.2 Å². The van der Waals surface area contributed by atoms with Gasteiger partial charge in [-0.3, -0.25) is 10.1 Å². The molecule has 0 unspecified atom stereocenters. The van der Waals surface area contributed by atoms with E-state index < -0.39 is 39.5 Å². The lowest BCUT2D eigenvalue weighted by Crippen LogP contribution is -2.07. The molecule has 2 rings (SSSR count). The molecule has 0 radical (unpaired) electrons. The fourth-order valence-electron chi connectivity index (χ4n) is 2.00. The molecule has 0 atom stereocenters. The molecule has 0 spiro atoms. The summed E-state index contributed by atoms with van der Waals surface area (Å²) >= 11 is 0. The summed E-state index contributed by atoms with van der Waals surface area (Å²) in [6.45, 7) is 8.86. The number of nitrogens with zero attached hydrogens (tertiary/aromatic N) is 1. The number of ether oxygens (including phenoxy) is 1. The molecule has 0 saturated carbocycles. The molecule has 0 saturated heterocycles. The van der Waals surface area contributed by atoms with E-state index in [4.69, 9.17) is 4.74 Å². The molecule has 0 bridgehead atoms. The van der Waals surface area contributed by atoms with Crippen LogP contribution in [-0.2, 0) is 0 Å². The molecule has 0 aliphatic rings. The molecule has 2 aromatic rings. The van der Waals surface area contributed by atoms with Crippen molar-refractivity contribution in [2.45, 2.75) is 20.8 Å². The number of rotatable bonds is 6. The van der Waals surface area contributed by atoms with Gasteiger partial charge >= 0.3 is 5.69 Å². The molecule has 140 valence electrons. The smallest absolute Gasteiger partial charge is 0.337 e. The Bertz CT molecular complexity index is 811. The van der Waals surface area contributed by atoms with Crippen molar-refractivity contribution in [3.63, 3.8) is 0 Å². The van der Waals surface area contributed by atoms with Crippen LogP contribution in [0.1, 0.15) is 19.4 Å². The zero-order chi connectivity index (χ0) is 19.9. The Morgan fingerprint density at radius 2 is 1.88 bits per heavy atom. The Labute approximate surface area is 149 Å². The molecule has 0 aromatic heterocycles. The highest BCUT2D eigenvalue weighted by molar-refractivity contribution is 5.75. The van der Waals surface area contributed by atoms with E-state index >= 15 is 0 Å². The maximum Gasteiger partial charge on any atom is 0.337 e. The van der Waals surface area contributed by atoms with Gasteiger partial charge in [-0.05, 0) is 24.6 Å². The van der Waals surface area contributed by atoms with E-state index in [1.807, 2.05) is 13.8 Å². The molecule has 2 aromatic carbocycles. The molecule has 26 heavy (non-hydrogen) atoms. The summed E-state index contributed by atoms with van der Waals surface area (Å²) in [4.78, 5) is 10.3. The van der Waals surface area contributed by atoms with Gasteiger partial charge in [0.2, 0.25) is 5.75 Å². The molecular formula is C18H19F3N2O3. The topological polar surface area (TPSA) is 64.4 Å². The quantitative estimate of drug-likeness (QED) is 0.406. The summed E-state index contributed by atoms with van der Waals surface area (Å²) in [6, 6.07) is 4.50. The predicted molar refractivity (Wildman–Crippen MR) is 94.5 cm³/mol. The second-order valence-electron chi connectivity index (χ2n) is 4.86. The molecule has 1 N–H and O–H groups in total. The normalized spacial score (nSPS) is 9.77. The maximum absolute atomic E-state index is 14.1. The van der Waals surface area contributed by atoms with Crippen LogP contribution >= 0.6 is 0 Å². The number of nitro groups is 1. The van der Waals surface area contributed by atoms with E-state index in [0.717, 1.165) is 6.07 Å². The third-order valence-corrected chi connectivity index (χ3v) is 3.08. The summed E-state index contributed by atoms with van der Waals surface area (Å²) in [6.07, 6.45) is 1.29. The lowest BCUT2D eigenvalue weighted by atomic mass is 10.2. The van der Waals surface area contributed by atoms with E-state index in [1.165, 1.54) is 18.2 Å². The van der Waals surface area contributed by atoms with Crippen LogP contribution in [0.3, 0.4) is 0 Å². The summed E-state index contributed by atoms with van der Waals surface area (Å²) < 4.78 is 46.7. The minimum absolute atomic E-state index is 0.149. The van der Waals surface area contributed by atoms with Gasteiger partial charge in [0, 0.05) is 6.07 Å². The van der Waals surface area contributed by atoms with E-state index in [-0.39, 0.29) is 12.3 Å². The van der Waals surface area contributed by atoms with Gasteiger partial charge < -0.3 is 10.1 Å². The first-order chi connectivity index (χ1) is 12.3. The fourth-order valence-corrected chi connectivity index (χ4v) is 2.00. The first-order valence-corrected chi connectivity index (χ1v) is 7.78. The molecule has 0 heterocycles. The Morgan fingerprint density at radius 3 is 2.42 bits per heavy atom. The first-order valence-electron chi connectivity index (χ1n) is 7.78. The molecule has 8 heteroatoms. The van der Waals surface area contributed by atoms with Gasteiger partial charge in [-0.1, -0.05) is 32.6 Å². The number of aryl methyl sites for hydroxylation is 1. The van der Waals surface area contributed by atoms with E-state index in [2.05, 4.69) is 11.9 Å². The highest BCUT2D eigenvalue weighted by Gasteiger charge is 2.29. The molecule has 0 amide bonds. The molecule has 5 nitrogen and oxygen atoms in total. The van der Waals surface area contributed by atoms with Crippen LogP contribution < -0.4 is 10.1 Å². The van der Waals surface area contributed by atoms with Crippen molar-refractivity contribution in [2.24, 2.45) is 0 Å². The van der Waals surface area contributed by atoms with Crippen molar-refractivity contribution >= 4 is 17.1 Å². The van der Waals surface area contributed by atoms with Crippen molar-refractivity contribution in [1.29, 1.82) is 0 Å². The third-order valence-electron chi connectivity index (χ3n) is 3.08. The van der Waals surface area contributed by atoms with Gasteiger partial charge in [0.25, 0.3) is 0 Å². The number of halogens is 3. The van der Waals surface area contributed by atoms with Crippen LogP contribution in [-0.4, -0.2) is 11.5 Å². The average molecular weight is 368 g/mol. The lowest BCUT2D eigenvalue weighted by molar-refractivity contribution is -0.385. The number of hydrogen-bond donors (Lipinski definition) is 1. The van der Waals surface area contributed by atoms with Crippen molar-refractivity contribution in [3.8, 4) is 5.75 Å². The Morgan fingerprint density at radius 1 is 1.23 bits per heavy atom. The number of benzene rings is 2. The largest absolute Gasteiger partial charge is 0.482 e. The number of anilines is 2. The monoisotopic (exact) mass is 368 g/mol. The van der Waals surface area contributed by atoms with Gasteiger partial charge in [0.1, 0.15) is 12.4 Å². The Kier molecular flexibility index (Phi) is 7.64. The minimum atomic E-state index is -1.51. The van der Waals surface area contributed by atoms with Crippen molar-refractivity contribution in [2.75, 3.05) is 11.9 Å². The molecule has 0 aliphatic carbocycles. The summed E-state index contributed by atoms with van der Waals surface area (Å²) in [5.74, 6) is -4.13. The second-order valence-corrected chi connectivity index (χ2v) is 4.86. The molecular weight excluding hydrogens is 349 g/mol. The van der Waals surface area contributed by atoms with Gasteiger partial charge in [0.15, 0.2) is 17.3 Å². The summed E-state index contributed by atoms with van der Waals surface area (Å²) in [5.41, 5.74) is -1.29. The van der Waals surface area contributed by atoms with Gasteiger partial charge in [-0.15, -0.1) is 0 Å². The van der Waals surface area contributed by atoms with Crippen molar-refractivity contribution in [3.05, 3.63) is 70.0 Å². The van der Waals surface area contributed by atoms with Crippen LogP contribution in [0.25, 0.3) is 0 Å². The van der Waals surface area contributed by atoms with E-state index in [1.54, 1.807) is 6.92 Å². The van der Waals surface area contributed by atoms with Gasteiger partial charge in [-0.25, -0.2) is 13.2 Å². The van der Waals surface area contributed by atoms with Gasteiger partial charge in [0.05, 0.1) is 10.6 Å². The SMILES string of the molecule is C=CCOc1cc(F)c(F)c(Nc2ccc(C)cc2F)c1[N+](=O)[O-].CC. The molecule has 0 aliphatic heterocycles. The predicted octanol–water partition coefficient (Wildman–Crippen LogP) is 5.66. The number of hydrogen-bond acceptors (Lipinski definition) is 4. The highest BCUT2D eigenvalue weighted by Crippen LogP contribution is 2.40. The molecule has 0 fully saturated rings. The lowest BCUT2D eigenvalue weighted by Gasteiger charge is -2.13. The number of nitro benzene ring substituents is 1. The minimum Gasteiger partial charge on any atom is -0.482 e. The van der Waals surface area contributed by atoms with E-state index in [9.17, 15) is 23.3 Å². The standard InChI is InChI=1S/C16H13F3N2O3.C2H6/c1-3-6-24-13-8-11(18)14(19)15(16(13)21(22)23)20-12-5-4-9(2)7-10(12)17;1-2/h3-5,7-8,20H,1,6H2,2H3;1-2H3. The zero-order valence-corrected chi connectivity index (χ0v) is 14.6. The van der Waals surface area contributed by atoms with E-state index in [0.29, 0.717) is 11.6 Å². The van der Waals surface area contributed by atoms with Crippen molar-refractivity contribution in [1.82, 2.24) is 0 Å². The van der Waals surface area contributed by atoms with Crippen LogP contribution in [0.5, 0.6) is 5.75 Å². The first kappa shape index (κ1) is 21.0. The highest BCUT2D eigenvalue weighted by atomic mass is 19.2. The van der Waals surface area contributed by atoms with Gasteiger partial charge in [-0.2, -0.15) is 0 Å². The Balaban J connectivity index is 0.00000163. The fraction of sp³-hybridized carbons (Fsp3) is 0.222. The Hall–Kier alpha value is -3.03. The zero-order valence-electron chi connectivity index (χ0n) is 14.6. The average Bonchev–Trinajstić information content (AvgIpc) is 2.60. The van der Waals surface area contributed by atoms with Crippen LogP contribution in [0.15, 0.2) is 36.9 Å². The third kappa shape index (κ3) is 4.75. The summed E-state index contributed by atoms with van der Waals surface area (Å²) in [5, 5.41) is 13.5. The second kappa shape index (κ2) is 9.45. The summed E-state index contributed by atoms with van der Waals surface area (Å²) in [7, 11) is 0. The van der Waals surface area contributed by atoms with Crippen LogP contribution in [0.2, 0.25) is 0 Å². The number of nitrogens with one attached hydrogen (secondary N) is 1. The van der Waals surface area contributed by atoms with Crippen molar-refractivity contribution < 1.29 is 22.8 Å². The van der Waals surface area contributed by atoms with Crippen LogP contribution in [0, 0.1) is 34.5 Å². The maximum atomic E-state index is 14.1.